The van der Waals surface area contributed by atoms with Crippen molar-refractivity contribution in [2.75, 3.05) is 19.0 Å². The number of methoxy groups -OCH3 is 1. The van der Waals surface area contributed by atoms with Crippen molar-refractivity contribution >= 4 is 16.7 Å². The zero-order valence-corrected chi connectivity index (χ0v) is 13.9. The molecule has 0 fully saturated rings. The Morgan fingerprint density at radius 3 is 2.58 bits per heavy atom. The van der Waals surface area contributed by atoms with Crippen molar-refractivity contribution in [3.8, 4) is 0 Å². The summed E-state index contributed by atoms with van der Waals surface area (Å²) in [7, 11) is 1.35. The molecule has 2 aromatic rings. The lowest BCUT2D eigenvalue weighted by molar-refractivity contribution is -0.0953. The predicted molar refractivity (Wildman–Crippen MR) is 90.2 cm³/mol. The number of anilines is 1. The van der Waals surface area contributed by atoms with Gasteiger partial charge in [0, 0.05) is 30.3 Å². The molecule has 0 aliphatic carbocycles. The Morgan fingerprint density at radius 2 is 1.96 bits per heavy atom. The largest absolute Gasteiger partial charge is 0.423 e. The summed E-state index contributed by atoms with van der Waals surface area (Å²) in [5, 5.41) is 33.2. The van der Waals surface area contributed by atoms with Crippen LogP contribution in [0, 0.1) is 6.92 Å². The smallest absolute Gasteiger partial charge is 0.336 e. The molecule has 0 bridgehead atoms. The molecule has 2 rings (SSSR count). The van der Waals surface area contributed by atoms with Crippen LogP contribution in [0.5, 0.6) is 0 Å². The highest BCUT2D eigenvalue weighted by molar-refractivity contribution is 5.83. The number of rotatable bonds is 7. The van der Waals surface area contributed by atoms with Crippen LogP contribution in [0.4, 0.5) is 5.69 Å². The average Bonchev–Trinajstić information content (AvgIpc) is 2.54. The highest BCUT2D eigenvalue weighted by Crippen LogP contribution is 2.22. The molecule has 0 saturated heterocycles. The maximum atomic E-state index is 11.5. The number of ether oxygens (including phenoxy) is 1. The van der Waals surface area contributed by atoms with Crippen LogP contribution in [0.15, 0.2) is 33.5 Å². The fourth-order valence-corrected chi connectivity index (χ4v) is 2.60. The van der Waals surface area contributed by atoms with Crippen molar-refractivity contribution in [2.45, 2.75) is 38.2 Å². The van der Waals surface area contributed by atoms with Crippen LogP contribution in [0.25, 0.3) is 11.0 Å². The molecule has 7 nitrogen and oxygen atoms in total. The maximum Gasteiger partial charge on any atom is 0.336 e. The first-order chi connectivity index (χ1) is 11.4. The van der Waals surface area contributed by atoms with Crippen molar-refractivity contribution in [3.05, 3.63) is 40.2 Å². The minimum absolute atomic E-state index is 0.401. The molecule has 132 valence electrons. The van der Waals surface area contributed by atoms with Gasteiger partial charge >= 0.3 is 5.63 Å². The van der Waals surface area contributed by atoms with Crippen LogP contribution in [-0.4, -0.2) is 53.4 Å². The second-order valence-electron chi connectivity index (χ2n) is 5.83. The predicted octanol–water partition coefficient (Wildman–Crippen LogP) is 0.631. The number of hydrogen-bond donors (Lipinski definition) is 4. The second kappa shape index (κ2) is 7.76. The average molecular weight is 337 g/mol. The van der Waals surface area contributed by atoms with Gasteiger partial charge in [0.2, 0.25) is 0 Å². The van der Waals surface area contributed by atoms with Gasteiger partial charge in [0.05, 0.1) is 12.6 Å². The molecule has 7 heteroatoms. The molecule has 0 radical (unpaired) electrons. The van der Waals surface area contributed by atoms with Gasteiger partial charge in [-0.25, -0.2) is 4.79 Å². The van der Waals surface area contributed by atoms with Crippen molar-refractivity contribution in [3.63, 3.8) is 0 Å². The van der Waals surface area contributed by atoms with Crippen LogP contribution in [0.2, 0.25) is 0 Å². The van der Waals surface area contributed by atoms with E-state index in [4.69, 9.17) is 14.3 Å². The maximum absolute atomic E-state index is 11.5. The van der Waals surface area contributed by atoms with Crippen molar-refractivity contribution in [2.24, 2.45) is 0 Å². The van der Waals surface area contributed by atoms with E-state index in [0.717, 1.165) is 10.9 Å². The summed E-state index contributed by atoms with van der Waals surface area (Å²) >= 11 is 0. The van der Waals surface area contributed by atoms with E-state index in [0.29, 0.717) is 11.3 Å². The lowest BCUT2D eigenvalue weighted by Crippen LogP contribution is -2.48. The van der Waals surface area contributed by atoms with Gasteiger partial charge in [-0.15, -0.1) is 0 Å². The summed E-state index contributed by atoms with van der Waals surface area (Å²) in [6, 6.07) is 6.18. The normalized spacial score (nSPS) is 16.6. The first-order valence-corrected chi connectivity index (χ1v) is 7.68. The van der Waals surface area contributed by atoms with E-state index < -0.39 is 36.6 Å². The molecule has 24 heavy (non-hydrogen) atoms. The number of hydrogen-bond acceptors (Lipinski definition) is 7. The van der Waals surface area contributed by atoms with E-state index >= 15 is 0 Å². The number of fused-ring (bicyclic) bond motifs is 1. The van der Waals surface area contributed by atoms with Crippen LogP contribution < -0.4 is 10.9 Å². The second-order valence-corrected chi connectivity index (χ2v) is 5.83. The summed E-state index contributed by atoms with van der Waals surface area (Å²) in [5.41, 5.74) is 1.47. The molecule has 3 unspecified atom stereocenters. The van der Waals surface area contributed by atoms with E-state index in [1.54, 1.807) is 19.1 Å². The highest BCUT2D eigenvalue weighted by Gasteiger charge is 2.30. The first-order valence-electron chi connectivity index (χ1n) is 7.68. The summed E-state index contributed by atoms with van der Waals surface area (Å²) in [6.45, 7) is 3.12. The molecule has 1 aromatic heterocycles. The van der Waals surface area contributed by atoms with Gasteiger partial charge in [-0.3, -0.25) is 0 Å². The van der Waals surface area contributed by atoms with Crippen LogP contribution >= 0.6 is 0 Å². The van der Waals surface area contributed by atoms with Crippen molar-refractivity contribution < 1.29 is 24.5 Å². The van der Waals surface area contributed by atoms with Gasteiger partial charge < -0.3 is 29.8 Å². The van der Waals surface area contributed by atoms with E-state index in [-0.39, 0.29) is 0 Å². The Morgan fingerprint density at radius 1 is 1.25 bits per heavy atom. The Hall–Kier alpha value is -1.93. The van der Waals surface area contributed by atoms with Crippen LogP contribution in [0.3, 0.4) is 0 Å². The minimum atomic E-state index is -1.25. The van der Waals surface area contributed by atoms with Crippen LogP contribution in [-0.2, 0) is 4.74 Å². The standard InChI is InChI=1S/C17H23NO6/c1-9-6-15(20)24-13-7-11(4-5-12(9)13)18-10(2)16(21)17(22)14(8-19)23-3/h4-7,10,14,16-19,21-22H,8H2,1-3H3/t10?,14?,16?,17-/m1/s1. The Balaban J connectivity index is 2.18. The summed E-state index contributed by atoms with van der Waals surface area (Å²) in [5.74, 6) is 0. The highest BCUT2D eigenvalue weighted by atomic mass is 16.5. The fraction of sp³-hybridized carbons (Fsp3) is 0.471. The van der Waals surface area contributed by atoms with Gasteiger partial charge in [-0.05, 0) is 31.5 Å². The molecular weight excluding hydrogens is 314 g/mol. The third-order valence-electron chi connectivity index (χ3n) is 4.07. The molecule has 0 saturated carbocycles. The number of nitrogens with one attached hydrogen (secondary N) is 1. The zero-order chi connectivity index (χ0) is 17.9. The molecule has 0 spiro atoms. The molecule has 1 heterocycles. The minimum Gasteiger partial charge on any atom is -0.423 e. The number of aliphatic hydroxyl groups excluding tert-OH is 3. The lowest BCUT2D eigenvalue weighted by atomic mass is 10.0. The Labute approximate surface area is 139 Å². The first kappa shape index (κ1) is 18.4. The van der Waals surface area contributed by atoms with Crippen LogP contribution in [0.1, 0.15) is 12.5 Å². The number of aliphatic hydroxyl groups is 3. The molecule has 4 atom stereocenters. The quantitative estimate of drug-likeness (QED) is 0.548. The Kier molecular flexibility index (Phi) is 5.95. The fourth-order valence-electron chi connectivity index (χ4n) is 2.60. The van der Waals surface area contributed by atoms with Gasteiger partial charge in [-0.2, -0.15) is 0 Å². The van der Waals surface area contributed by atoms with E-state index in [2.05, 4.69) is 5.32 Å². The van der Waals surface area contributed by atoms with Gasteiger partial charge in [0.1, 0.15) is 23.9 Å². The lowest BCUT2D eigenvalue weighted by Gasteiger charge is -2.29. The molecule has 0 aliphatic heterocycles. The molecular formula is C17H23NO6. The van der Waals surface area contributed by atoms with Gasteiger partial charge in [0.15, 0.2) is 0 Å². The number of benzene rings is 1. The summed E-state index contributed by atoms with van der Waals surface area (Å²) < 4.78 is 10.1. The van der Waals surface area contributed by atoms with E-state index in [9.17, 15) is 15.0 Å². The molecule has 4 N–H and O–H groups in total. The molecule has 0 aliphatic rings. The summed E-state index contributed by atoms with van der Waals surface area (Å²) in [4.78, 5) is 11.5. The SMILES string of the molecule is COC(CO)[C@@H](O)C(O)C(C)Nc1ccc2c(C)cc(=O)oc2c1. The zero-order valence-electron chi connectivity index (χ0n) is 13.9. The Bertz CT molecular complexity index is 739. The summed E-state index contributed by atoms with van der Waals surface area (Å²) in [6.07, 6.45) is -3.29. The number of aryl methyl sites for hydroxylation is 1. The molecule has 1 aromatic carbocycles. The topological polar surface area (TPSA) is 112 Å². The van der Waals surface area contributed by atoms with Gasteiger partial charge in [0.25, 0.3) is 0 Å². The van der Waals surface area contributed by atoms with E-state index in [1.807, 2.05) is 13.0 Å². The van der Waals surface area contributed by atoms with Crippen molar-refractivity contribution in [1.82, 2.24) is 0 Å². The third-order valence-corrected chi connectivity index (χ3v) is 4.07. The third kappa shape index (κ3) is 3.93. The monoisotopic (exact) mass is 337 g/mol. The van der Waals surface area contributed by atoms with Gasteiger partial charge in [-0.1, -0.05) is 0 Å². The van der Waals surface area contributed by atoms with Crippen molar-refractivity contribution in [1.29, 1.82) is 0 Å². The molecule has 0 amide bonds. The van der Waals surface area contributed by atoms with E-state index in [1.165, 1.54) is 13.2 Å².